The van der Waals surface area contributed by atoms with Crippen molar-refractivity contribution in [1.82, 2.24) is 0 Å². The molecule has 0 amide bonds. The number of halogens is 1. The van der Waals surface area contributed by atoms with E-state index in [4.69, 9.17) is 16.9 Å². The van der Waals surface area contributed by atoms with E-state index < -0.39 is 0 Å². The lowest BCUT2D eigenvalue weighted by Gasteiger charge is -2.21. The molecule has 92 valence electrons. The van der Waals surface area contributed by atoms with E-state index in [9.17, 15) is 0 Å². The fraction of sp³-hybridized carbons (Fsp3) is 0.500. The Balaban J connectivity index is 2.52. The van der Waals surface area contributed by atoms with Crippen LogP contribution in [0.25, 0.3) is 0 Å². The van der Waals surface area contributed by atoms with Gasteiger partial charge in [0.1, 0.15) is 0 Å². The summed E-state index contributed by atoms with van der Waals surface area (Å²) in [5.74, 6) is 1.38. The van der Waals surface area contributed by atoms with Crippen molar-refractivity contribution in [3.8, 4) is 6.07 Å². The lowest BCUT2D eigenvalue weighted by atomic mass is 10.0. The Hall–Kier alpha value is -1.20. The molecule has 1 unspecified atom stereocenters. The summed E-state index contributed by atoms with van der Waals surface area (Å²) in [6.45, 7) is 3.22. The molecule has 0 aromatic heterocycles. The van der Waals surface area contributed by atoms with Gasteiger partial charge in [0.15, 0.2) is 0 Å². The fourth-order valence-electron chi connectivity index (χ4n) is 1.69. The Labute approximate surface area is 109 Å². The van der Waals surface area contributed by atoms with Crippen molar-refractivity contribution in [2.45, 2.75) is 19.8 Å². The van der Waals surface area contributed by atoms with Crippen molar-refractivity contribution in [1.29, 1.82) is 5.26 Å². The summed E-state index contributed by atoms with van der Waals surface area (Å²) in [5.41, 5.74) is 1.81. The molecule has 0 fully saturated rings. The Bertz CT molecular complexity index is 384. The number of anilines is 1. The molecule has 1 rings (SSSR count). The van der Waals surface area contributed by atoms with Gasteiger partial charge in [-0.1, -0.05) is 13.0 Å². The normalized spacial score (nSPS) is 11.9. The van der Waals surface area contributed by atoms with Gasteiger partial charge in [-0.05, 0) is 37.0 Å². The van der Waals surface area contributed by atoms with Crippen LogP contribution in [-0.4, -0.2) is 19.5 Å². The molecule has 0 bridgehead atoms. The summed E-state index contributed by atoms with van der Waals surface area (Å²) in [5, 5.41) is 8.85. The third kappa shape index (κ3) is 4.66. The molecule has 0 aliphatic heterocycles. The van der Waals surface area contributed by atoms with Crippen LogP contribution in [0.1, 0.15) is 25.3 Å². The van der Waals surface area contributed by atoms with Gasteiger partial charge in [-0.3, -0.25) is 0 Å². The number of alkyl halides is 1. The van der Waals surface area contributed by atoms with Crippen LogP contribution in [0.3, 0.4) is 0 Å². The van der Waals surface area contributed by atoms with Crippen molar-refractivity contribution >= 4 is 17.3 Å². The summed E-state index contributed by atoms with van der Waals surface area (Å²) in [6, 6.07) is 9.87. The molecule has 1 atom stereocenters. The van der Waals surface area contributed by atoms with Gasteiger partial charge in [0.25, 0.3) is 0 Å². The van der Waals surface area contributed by atoms with Crippen molar-refractivity contribution in [3.63, 3.8) is 0 Å². The first-order valence-corrected chi connectivity index (χ1v) is 6.48. The Kier molecular flexibility index (Phi) is 5.86. The first-order chi connectivity index (χ1) is 8.17. The zero-order valence-electron chi connectivity index (χ0n) is 10.5. The number of nitrogens with zero attached hydrogens (tertiary/aromatic N) is 2. The Morgan fingerprint density at radius 3 is 2.82 bits per heavy atom. The molecular weight excluding hydrogens is 232 g/mol. The van der Waals surface area contributed by atoms with Gasteiger partial charge < -0.3 is 4.90 Å². The number of rotatable bonds is 6. The molecule has 0 aliphatic carbocycles. The number of benzene rings is 1. The molecule has 0 aliphatic rings. The SMILES string of the molecule is CC(CCCl)CCN(C)c1cccc(C#N)c1. The fourth-order valence-corrected chi connectivity index (χ4v) is 2.06. The largest absolute Gasteiger partial charge is 0.375 e. The van der Waals surface area contributed by atoms with Crippen LogP contribution in [0.4, 0.5) is 5.69 Å². The molecule has 3 heteroatoms. The standard InChI is InChI=1S/C14H19ClN2/c1-12(6-8-15)7-9-17(2)14-5-3-4-13(10-14)11-16/h3-5,10,12H,6-9H2,1-2H3. The van der Waals surface area contributed by atoms with E-state index in [2.05, 4.69) is 24.9 Å². The molecule has 1 aromatic carbocycles. The van der Waals surface area contributed by atoms with E-state index in [0.717, 1.165) is 31.0 Å². The summed E-state index contributed by atoms with van der Waals surface area (Å²) in [6.07, 6.45) is 2.19. The van der Waals surface area contributed by atoms with Crippen molar-refractivity contribution in [3.05, 3.63) is 29.8 Å². The Morgan fingerprint density at radius 1 is 1.41 bits per heavy atom. The predicted octanol–water partition coefficient (Wildman–Crippen LogP) is 3.65. The number of nitriles is 1. The molecule has 0 spiro atoms. The minimum Gasteiger partial charge on any atom is -0.375 e. The quantitative estimate of drug-likeness (QED) is 0.721. The van der Waals surface area contributed by atoms with Crippen LogP contribution in [0, 0.1) is 17.2 Å². The Morgan fingerprint density at radius 2 is 2.18 bits per heavy atom. The second-order valence-corrected chi connectivity index (χ2v) is 4.83. The molecule has 2 nitrogen and oxygen atoms in total. The van der Waals surface area contributed by atoms with Gasteiger partial charge in [0.05, 0.1) is 11.6 Å². The second kappa shape index (κ2) is 7.19. The highest BCUT2D eigenvalue weighted by Crippen LogP contribution is 2.16. The van der Waals surface area contributed by atoms with E-state index in [1.807, 2.05) is 24.3 Å². The summed E-state index contributed by atoms with van der Waals surface area (Å²) in [7, 11) is 2.06. The molecule has 0 heterocycles. The lowest BCUT2D eigenvalue weighted by Crippen LogP contribution is -2.20. The predicted molar refractivity (Wildman–Crippen MR) is 73.5 cm³/mol. The molecule has 0 N–H and O–H groups in total. The molecule has 0 radical (unpaired) electrons. The third-order valence-corrected chi connectivity index (χ3v) is 3.19. The van der Waals surface area contributed by atoms with Gasteiger partial charge in [-0.25, -0.2) is 0 Å². The first kappa shape index (κ1) is 13.9. The van der Waals surface area contributed by atoms with Crippen LogP contribution >= 0.6 is 11.6 Å². The van der Waals surface area contributed by atoms with Gasteiger partial charge in [-0.2, -0.15) is 5.26 Å². The molecule has 1 aromatic rings. The van der Waals surface area contributed by atoms with Crippen LogP contribution < -0.4 is 4.90 Å². The highest BCUT2D eigenvalue weighted by atomic mass is 35.5. The highest BCUT2D eigenvalue weighted by Gasteiger charge is 2.05. The maximum absolute atomic E-state index is 8.85. The zero-order valence-corrected chi connectivity index (χ0v) is 11.2. The summed E-state index contributed by atoms with van der Waals surface area (Å²) >= 11 is 5.72. The average molecular weight is 251 g/mol. The van der Waals surface area contributed by atoms with Crippen molar-refractivity contribution in [2.24, 2.45) is 5.92 Å². The van der Waals surface area contributed by atoms with E-state index in [0.29, 0.717) is 11.5 Å². The minimum absolute atomic E-state index is 0.647. The first-order valence-electron chi connectivity index (χ1n) is 5.94. The highest BCUT2D eigenvalue weighted by molar-refractivity contribution is 6.17. The number of hydrogen-bond donors (Lipinski definition) is 0. The van der Waals surface area contributed by atoms with E-state index >= 15 is 0 Å². The van der Waals surface area contributed by atoms with E-state index in [1.165, 1.54) is 0 Å². The van der Waals surface area contributed by atoms with Crippen LogP contribution in [-0.2, 0) is 0 Å². The summed E-state index contributed by atoms with van der Waals surface area (Å²) < 4.78 is 0. The minimum atomic E-state index is 0.647. The van der Waals surface area contributed by atoms with Crippen LogP contribution in [0.2, 0.25) is 0 Å². The molecule has 17 heavy (non-hydrogen) atoms. The molecule has 0 saturated heterocycles. The topological polar surface area (TPSA) is 27.0 Å². The number of hydrogen-bond acceptors (Lipinski definition) is 2. The van der Waals surface area contributed by atoms with Gasteiger partial charge in [-0.15, -0.1) is 11.6 Å². The lowest BCUT2D eigenvalue weighted by molar-refractivity contribution is 0.520. The molecular formula is C14H19ClN2. The van der Waals surface area contributed by atoms with Gasteiger partial charge in [0, 0.05) is 25.2 Å². The zero-order chi connectivity index (χ0) is 12.7. The van der Waals surface area contributed by atoms with E-state index in [1.54, 1.807) is 0 Å². The third-order valence-electron chi connectivity index (χ3n) is 2.98. The van der Waals surface area contributed by atoms with Crippen LogP contribution in [0.5, 0.6) is 0 Å². The molecule has 0 saturated carbocycles. The van der Waals surface area contributed by atoms with Crippen LogP contribution in [0.15, 0.2) is 24.3 Å². The maximum Gasteiger partial charge on any atom is 0.0992 e. The van der Waals surface area contributed by atoms with E-state index in [-0.39, 0.29) is 0 Å². The smallest absolute Gasteiger partial charge is 0.0992 e. The van der Waals surface area contributed by atoms with Gasteiger partial charge in [0.2, 0.25) is 0 Å². The van der Waals surface area contributed by atoms with Crippen molar-refractivity contribution in [2.75, 3.05) is 24.4 Å². The van der Waals surface area contributed by atoms with Crippen molar-refractivity contribution < 1.29 is 0 Å². The monoisotopic (exact) mass is 250 g/mol. The summed E-state index contributed by atoms with van der Waals surface area (Å²) in [4.78, 5) is 2.19. The van der Waals surface area contributed by atoms with Gasteiger partial charge >= 0.3 is 0 Å². The second-order valence-electron chi connectivity index (χ2n) is 4.46. The average Bonchev–Trinajstić information content (AvgIpc) is 2.36. The maximum atomic E-state index is 8.85.